The van der Waals surface area contributed by atoms with E-state index in [0.717, 1.165) is 0 Å². The van der Waals surface area contributed by atoms with E-state index in [1.54, 1.807) is 0 Å². The molecule has 2 rings (SSSR count). The highest BCUT2D eigenvalue weighted by molar-refractivity contribution is 7.91. The second kappa shape index (κ2) is 4.99. The van der Waals surface area contributed by atoms with Crippen LogP contribution in [0.4, 0.5) is 0 Å². The van der Waals surface area contributed by atoms with Crippen LogP contribution in [0.15, 0.2) is 18.2 Å². The molecule has 6 nitrogen and oxygen atoms in total. The van der Waals surface area contributed by atoms with Gasteiger partial charge in [-0.15, -0.1) is 0 Å². The molecule has 0 radical (unpaired) electrons. The van der Waals surface area contributed by atoms with E-state index in [0.29, 0.717) is 0 Å². The third-order valence-corrected chi connectivity index (χ3v) is 4.74. The minimum absolute atomic E-state index is 0.0550. The van der Waals surface area contributed by atoms with E-state index in [-0.39, 0.29) is 27.8 Å². The van der Waals surface area contributed by atoms with Gasteiger partial charge in [-0.3, -0.25) is 0 Å². The van der Waals surface area contributed by atoms with E-state index in [1.807, 2.05) is 0 Å². The van der Waals surface area contributed by atoms with Gasteiger partial charge in [0.2, 0.25) is 0 Å². The number of halogens is 1. The topological polar surface area (TPSA) is 101 Å². The minimum atomic E-state index is -3.32. The fourth-order valence-corrected chi connectivity index (χ4v) is 3.69. The first-order valence-corrected chi connectivity index (χ1v) is 7.56. The van der Waals surface area contributed by atoms with E-state index in [1.165, 1.54) is 18.2 Å². The van der Waals surface area contributed by atoms with Crippen molar-refractivity contribution in [2.24, 2.45) is 0 Å². The van der Waals surface area contributed by atoms with Gasteiger partial charge in [0.25, 0.3) is 0 Å². The molecule has 1 aliphatic heterocycles. The third kappa shape index (κ3) is 3.17. The van der Waals surface area contributed by atoms with Crippen LogP contribution < -0.4 is 4.74 Å². The van der Waals surface area contributed by atoms with Crippen LogP contribution in [0.25, 0.3) is 0 Å². The highest BCUT2D eigenvalue weighted by atomic mass is 35.5. The summed E-state index contributed by atoms with van der Waals surface area (Å²) in [6, 6.07) is 3.96. The van der Waals surface area contributed by atoms with Gasteiger partial charge in [0.1, 0.15) is 18.0 Å². The molecule has 2 atom stereocenters. The second-order valence-corrected chi connectivity index (χ2v) is 6.81. The SMILES string of the molecule is O=C(O)c1cc(OC2CS(=O)(=O)CC2O)ccc1Cl. The summed E-state index contributed by atoms with van der Waals surface area (Å²) in [6.07, 6.45) is -2.01. The average Bonchev–Trinajstić information content (AvgIpc) is 2.54. The van der Waals surface area contributed by atoms with Crippen molar-refractivity contribution in [3.8, 4) is 5.75 Å². The van der Waals surface area contributed by atoms with Gasteiger partial charge < -0.3 is 14.9 Å². The molecule has 0 amide bonds. The van der Waals surface area contributed by atoms with Crippen molar-refractivity contribution in [2.45, 2.75) is 12.2 Å². The van der Waals surface area contributed by atoms with Crippen molar-refractivity contribution in [1.29, 1.82) is 0 Å². The van der Waals surface area contributed by atoms with Gasteiger partial charge in [0.15, 0.2) is 9.84 Å². The Morgan fingerprint density at radius 1 is 1.37 bits per heavy atom. The number of aliphatic hydroxyl groups excluding tert-OH is 1. The van der Waals surface area contributed by atoms with Crippen LogP contribution in [0.5, 0.6) is 5.75 Å². The van der Waals surface area contributed by atoms with Crippen LogP contribution in [-0.2, 0) is 9.84 Å². The molecule has 0 aromatic heterocycles. The normalized spacial score (nSPS) is 25.2. The smallest absolute Gasteiger partial charge is 0.337 e. The van der Waals surface area contributed by atoms with Crippen molar-refractivity contribution in [3.05, 3.63) is 28.8 Å². The molecular formula is C11H11ClO6S. The van der Waals surface area contributed by atoms with Gasteiger partial charge in [-0.25, -0.2) is 13.2 Å². The Labute approximate surface area is 114 Å². The Bertz CT molecular complexity index is 612. The molecule has 19 heavy (non-hydrogen) atoms. The molecule has 0 spiro atoms. The zero-order valence-electron chi connectivity index (χ0n) is 9.61. The largest absolute Gasteiger partial charge is 0.487 e. The van der Waals surface area contributed by atoms with Crippen molar-refractivity contribution in [2.75, 3.05) is 11.5 Å². The predicted octanol–water partition coefficient (Wildman–Crippen LogP) is 0.575. The van der Waals surface area contributed by atoms with Crippen molar-refractivity contribution >= 4 is 27.4 Å². The zero-order chi connectivity index (χ0) is 14.2. The van der Waals surface area contributed by atoms with Crippen LogP contribution in [-0.4, -0.2) is 48.3 Å². The first-order valence-electron chi connectivity index (χ1n) is 5.36. The fourth-order valence-electron chi connectivity index (χ4n) is 1.83. The number of rotatable bonds is 3. The Morgan fingerprint density at radius 2 is 2.05 bits per heavy atom. The molecule has 2 unspecified atom stereocenters. The van der Waals surface area contributed by atoms with E-state index in [4.69, 9.17) is 21.4 Å². The summed E-state index contributed by atoms with van der Waals surface area (Å²) in [6.45, 7) is 0. The quantitative estimate of drug-likeness (QED) is 0.847. The molecule has 1 aromatic carbocycles. The molecule has 1 aromatic rings. The van der Waals surface area contributed by atoms with Gasteiger partial charge in [0.05, 0.1) is 22.1 Å². The Balaban J connectivity index is 2.21. The maximum absolute atomic E-state index is 11.3. The van der Waals surface area contributed by atoms with Crippen molar-refractivity contribution in [1.82, 2.24) is 0 Å². The van der Waals surface area contributed by atoms with Crippen LogP contribution in [0.1, 0.15) is 10.4 Å². The predicted molar refractivity (Wildman–Crippen MR) is 67.5 cm³/mol. The summed E-state index contributed by atoms with van der Waals surface area (Å²) in [4.78, 5) is 10.9. The number of sulfone groups is 1. The summed E-state index contributed by atoms with van der Waals surface area (Å²) in [5.41, 5.74) is -0.144. The first-order chi connectivity index (χ1) is 8.78. The highest BCUT2D eigenvalue weighted by Gasteiger charge is 2.38. The summed E-state index contributed by atoms with van der Waals surface area (Å²) in [5.74, 6) is -1.70. The highest BCUT2D eigenvalue weighted by Crippen LogP contribution is 2.25. The summed E-state index contributed by atoms with van der Waals surface area (Å²) in [5, 5.41) is 18.5. The Hall–Kier alpha value is -1.31. The zero-order valence-corrected chi connectivity index (χ0v) is 11.2. The number of hydrogen-bond acceptors (Lipinski definition) is 5. The van der Waals surface area contributed by atoms with E-state index in [2.05, 4.69) is 0 Å². The van der Waals surface area contributed by atoms with Gasteiger partial charge in [-0.1, -0.05) is 11.6 Å². The minimum Gasteiger partial charge on any atom is -0.487 e. The molecule has 8 heteroatoms. The lowest BCUT2D eigenvalue weighted by atomic mass is 10.2. The van der Waals surface area contributed by atoms with E-state index < -0.39 is 28.0 Å². The lowest BCUT2D eigenvalue weighted by molar-refractivity contribution is 0.0688. The number of hydrogen-bond donors (Lipinski definition) is 2. The second-order valence-electron chi connectivity index (χ2n) is 4.25. The number of carboxylic acid groups (broad SMARTS) is 1. The van der Waals surface area contributed by atoms with Crippen LogP contribution in [0, 0.1) is 0 Å². The average molecular weight is 307 g/mol. The number of carboxylic acids is 1. The lowest BCUT2D eigenvalue weighted by Gasteiger charge is -2.16. The molecule has 2 N–H and O–H groups in total. The maximum Gasteiger partial charge on any atom is 0.337 e. The van der Waals surface area contributed by atoms with Gasteiger partial charge in [0, 0.05) is 0 Å². The molecule has 1 aliphatic rings. The molecule has 0 bridgehead atoms. The molecule has 0 aliphatic carbocycles. The standard InChI is InChI=1S/C11H11ClO6S/c12-8-2-1-6(3-7(8)11(14)15)18-10-5-19(16,17)4-9(10)13/h1-3,9-10,13H,4-5H2,(H,14,15). The van der Waals surface area contributed by atoms with E-state index in [9.17, 15) is 18.3 Å². The third-order valence-electron chi connectivity index (χ3n) is 2.73. The molecule has 104 valence electrons. The van der Waals surface area contributed by atoms with E-state index >= 15 is 0 Å². The van der Waals surface area contributed by atoms with Gasteiger partial charge >= 0.3 is 5.97 Å². The number of ether oxygens (including phenoxy) is 1. The van der Waals surface area contributed by atoms with Crippen molar-refractivity contribution < 1.29 is 28.2 Å². The van der Waals surface area contributed by atoms with Crippen molar-refractivity contribution in [3.63, 3.8) is 0 Å². The first kappa shape index (κ1) is 14.1. The summed E-state index contributed by atoms with van der Waals surface area (Å²) in [7, 11) is -3.32. The molecular weight excluding hydrogens is 296 g/mol. The summed E-state index contributed by atoms with van der Waals surface area (Å²) < 4.78 is 27.9. The monoisotopic (exact) mass is 306 g/mol. The van der Waals surface area contributed by atoms with Gasteiger partial charge in [-0.2, -0.15) is 0 Å². The number of aliphatic hydroxyl groups is 1. The number of aromatic carboxylic acids is 1. The molecule has 0 saturated carbocycles. The molecule has 1 fully saturated rings. The Kier molecular flexibility index (Phi) is 3.71. The van der Waals surface area contributed by atoms with Gasteiger partial charge in [-0.05, 0) is 18.2 Å². The molecule has 1 heterocycles. The van der Waals surface area contributed by atoms with Crippen LogP contribution in [0.2, 0.25) is 5.02 Å². The van der Waals surface area contributed by atoms with Crippen LogP contribution in [0.3, 0.4) is 0 Å². The Morgan fingerprint density at radius 3 is 2.58 bits per heavy atom. The number of benzene rings is 1. The fraction of sp³-hybridized carbons (Fsp3) is 0.364. The maximum atomic E-state index is 11.3. The van der Waals surface area contributed by atoms with Crippen LogP contribution >= 0.6 is 11.6 Å². The number of carbonyl (C=O) groups is 1. The lowest BCUT2D eigenvalue weighted by Crippen LogP contribution is -2.29. The summed E-state index contributed by atoms with van der Waals surface area (Å²) >= 11 is 5.70. The molecule has 1 saturated heterocycles.